The normalized spacial score (nSPS) is 11.2. The zero-order chi connectivity index (χ0) is 10.8. The van der Waals surface area contributed by atoms with Gasteiger partial charge in [-0.15, -0.1) is 5.10 Å². The minimum absolute atomic E-state index is 0.111. The third kappa shape index (κ3) is 2.00. The van der Waals surface area contributed by atoms with E-state index in [1.807, 2.05) is 0 Å². The van der Waals surface area contributed by atoms with Gasteiger partial charge in [0.25, 0.3) is 6.43 Å². The Morgan fingerprint density at radius 3 is 2.87 bits per heavy atom. The molecular weight excluding hydrogens is 204 g/mol. The molecular formula is C8H9F2N5. The van der Waals surface area contributed by atoms with Crippen molar-refractivity contribution in [2.45, 2.75) is 13.0 Å². The second kappa shape index (κ2) is 3.76. The van der Waals surface area contributed by atoms with Crippen LogP contribution in [0.3, 0.4) is 0 Å². The van der Waals surface area contributed by atoms with Crippen molar-refractivity contribution in [1.82, 2.24) is 24.8 Å². The van der Waals surface area contributed by atoms with E-state index in [-0.39, 0.29) is 12.2 Å². The first-order chi connectivity index (χ1) is 7.16. The summed E-state index contributed by atoms with van der Waals surface area (Å²) in [5, 5.41) is 11.3. The van der Waals surface area contributed by atoms with Crippen LogP contribution in [0.25, 0.3) is 0 Å². The average Bonchev–Trinajstić information content (AvgIpc) is 2.75. The third-order valence-corrected chi connectivity index (χ3v) is 1.93. The van der Waals surface area contributed by atoms with Crippen LogP contribution in [0, 0.1) is 0 Å². The topological polar surface area (TPSA) is 48.5 Å². The molecule has 80 valence electrons. The SMILES string of the molecule is Cn1cc(Cn2nccc2C(F)F)nn1. The van der Waals surface area contributed by atoms with Crippen LogP contribution in [-0.4, -0.2) is 24.8 Å². The molecule has 0 aliphatic heterocycles. The highest BCUT2D eigenvalue weighted by molar-refractivity contribution is 5.04. The van der Waals surface area contributed by atoms with Crippen molar-refractivity contribution in [2.75, 3.05) is 0 Å². The quantitative estimate of drug-likeness (QED) is 0.764. The lowest BCUT2D eigenvalue weighted by Crippen LogP contribution is -2.06. The lowest BCUT2D eigenvalue weighted by molar-refractivity contribution is 0.139. The van der Waals surface area contributed by atoms with E-state index in [4.69, 9.17) is 0 Å². The van der Waals surface area contributed by atoms with Crippen molar-refractivity contribution < 1.29 is 8.78 Å². The number of hydrogen-bond donors (Lipinski definition) is 0. The van der Waals surface area contributed by atoms with Gasteiger partial charge in [0.05, 0.1) is 6.54 Å². The van der Waals surface area contributed by atoms with Gasteiger partial charge >= 0.3 is 0 Å². The Bertz CT molecular complexity index is 447. The van der Waals surface area contributed by atoms with E-state index in [0.717, 1.165) is 0 Å². The zero-order valence-electron chi connectivity index (χ0n) is 8.01. The number of hydrogen-bond acceptors (Lipinski definition) is 3. The highest BCUT2D eigenvalue weighted by Crippen LogP contribution is 2.18. The van der Waals surface area contributed by atoms with E-state index in [2.05, 4.69) is 15.4 Å². The van der Waals surface area contributed by atoms with Gasteiger partial charge in [-0.25, -0.2) is 8.78 Å². The van der Waals surface area contributed by atoms with Gasteiger partial charge in [0.15, 0.2) is 0 Å². The minimum Gasteiger partial charge on any atom is -0.258 e. The van der Waals surface area contributed by atoms with Gasteiger partial charge in [0.1, 0.15) is 11.4 Å². The average molecular weight is 213 g/mol. The zero-order valence-corrected chi connectivity index (χ0v) is 8.01. The number of aryl methyl sites for hydroxylation is 1. The molecule has 0 unspecified atom stereocenters. The third-order valence-electron chi connectivity index (χ3n) is 1.93. The number of aromatic nitrogens is 5. The summed E-state index contributed by atoms with van der Waals surface area (Å²) in [5.74, 6) is 0. The van der Waals surface area contributed by atoms with Gasteiger partial charge in [-0.05, 0) is 6.07 Å². The molecule has 5 nitrogen and oxygen atoms in total. The predicted octanol–water partition coefficient (Wildman–Crippen LogP) is 0.997. The Hall–Kier alpha value is -1.79. The lowest BCUT2D eigenvalue weighted by atomic mass is 10.4. The molecule has 0 radical (unpaired) electrons. The Morgan fingerprint density at radius 1 is 1.47 bits per heavy atom. The molecule has 2 aromatic rings. The lowest BCUT2D eigenvalue weighted by Gasteiger charge is -2.03. The predicted molar refractivity (Wildman–Crippen MR) is 47.3 cm³/mol. The summed E-state index contributed by atoms with van der Waals surface area (Å²) in [5.41, 5.74) is 0.490. The van der Waals surface area contributed by atoms with E-state index in [1.54, 1.807) is 13.2 Å². The van der Waals surface area contributed by atoms with Crippen molar-refractivity contribution in [2.24, 2.45) is 7.05 Å². The molecule has 0 saturated carbocycles. The summed E-state index contributed by atoms with van der Waals surface area (Å²) >= 11 is 0. The fourth-order valence-corrected chi connectivity index (χ4v) is 1.28. The van der Waals surface area contributed by atoms with Gasteiger partial charge in [-0.3, -0.25) is 9.36 Å². The molecule has 0 bridgehead atoms. The van der Waals surface area contributed by atoms with Crippen LogP contribution >= 0.6 is 0 Å². The molecule has 15 heavy (non-hydrogen) atoms. The molecule has 0 N–H and O–H groups in total. The van der Waals surface area contributed by atoms with Gasteiger partial charge in [-0.1, -0.05) is 5.21 Å². The van der Waals surface area contributed by atoms with Gasteiger partial charge in [-0.2, -0.15) is 5.10 Å². The maximum absolute atomic E-state index is 12.5. The maximum Gasteiger partial charge on any atom is 0.280 e. The standard InChI is InChI=1S/C8H9F2N5/c1-14-4-6(12-13-14)5-15-7(8(9)10)2-3-11-15/h2-4,8H,5H2,1H3. The van der Waals surface area contributed by atoms with Gasteiger partial charge in [0.2, 0.25) is 0 Å². The molecule has 2 heterocycles. The van der Waals surface area contributed by atoms with E-state index >= 15 is 0 Å². The van der Waals surface area contributed by atoms with Crippen LogP contribution in [0.5, 0.6) is 0 Å². The second-order valence-corrected chi connectivity index (χ2v) is 3.10. The Balaban J connectivity index is 2.20. The number of alkyl halides is 2. The fourth-order valence-electron chi connectivity index (χ4n) is 1.28. The first kappa shape index (κ1) is 9.75. The summed E-state index contributed by atoms with van der Waals surface area (Å²) in [7, 11) is 1.72. The molecule has 2 aromatic heterocycles. The smallest absolute Gasteiger partial charge is 0.258 e. The van der Waals surface area contributed by atoms with Gasteiger partial charge < -0.3 is 0 Å². The Morgan fingerprint density at radius 2 is 2.27 bits per heavy atom. The molecule has 0 aliphatic carbocycles. The second-order valence-electron chi connectivity index (χ2n) is 3.10. The van der Waals surface area contributed by atoms with E-state index < -0.39 is 6.43 Å². The van der Waals surface area contributed by atoms with Crippen LogP contribution < -0.4 is 0 Å². The molecule has 0 aromatic carbocycles. The summed E-state index contributed by atoms with van der Waals surface area (Å²) in [4.78, 5) is 0. The first-order valence-electron chi connectivity index (χ1n) is 4.32. The Labute approximate surface area is 84.3 Å². The maximum atomic E-state index is 12.5. The summed E-state index contributed by atoms with van der Waals surface area (Å²) in [6.07, 6.45) is 0.485. The molecule has 0 amide bonds. The van der Waals surface area contributed by atoms with Crippen LogP contribution in [0.4, 0.5) is 8.78 Å². The highest BCUT2D eigenvalue weighted by Gasteiger charge is 2.14. The number of nitrogens with zero attached hydrogens (tertiary/aromatic N) is 5. The van der Waals surface area contributed by atoms with Gasteiger partial charge in [0, 0.05) is 19.4 Å². The van der Waals surface area contributed by atoms with E-state index in [0.29, 0.717) is 5.69 Å². The van der Waals surface area contributed by atoms with Crippen LogP contribution in [0.2, 0.25) is 0 Å². The molecule has 2 rings (SSSR count). The summed E-state index contributed by atoms with van der Waals surface area (Å²) in [6, 6.07) is 1.29. The van der Waals surface area contributed by atoms with Crippen molar-refractivity contribution >= 4 is 0 Å². The molecule has 0 saturated heterocycles. The van der Waals surface area contributed by atoms with Crippen molar-refractivity contribution in [3.05, 3.63) is 29.8 Å². The summed E-state index contributed by atoms with van der Waals surface area (Å²) in [6.45, 7) is 0.209. The largest absolute Gasteiger partial charge is 0.280 e. The first-order valence-corrected chi connectivity index (χ1v) is 4.32. The van der Waals surface area contributed by atoms with E-state index in [9.17, 15) is 8.78 Å². The minimum atomic E-state index is -2.52. The van der Waals surface area contributed by atoms with Crippen molar-refractivity contribution in [1.29, 1.82) is 0 Å². The van der Waals surface area contributed by atoms with Crippen LogP contribution in [0.1, 0.15) is 17.8 Å². The molecule has 0 aliphatic rings. The number of halogens is 2. The fraction of sp³-hybridized carbons (Fsp3) is 0.375. The summed E-state index contributed by atoms with van der Waals surface area (Å²) < 4.78 is 27.7. The molecule has 0 spiro atoms. The Kier molecular flexibility index (Phi) is 2.44. The molecule has 7 heteroatoms. The number of rotatable bonds is 3. The van der Waals surface area contributed by atoms with Crippen LogP contribution in [-0.2, 0) is 13.6 Å². The molecule has 0 atom stereocenters. The molecule has 0 fully saturated rings. The highest BCUT2D eigenvalue weighted by atomic mass is 19.3. The van der Waals surface area contributed by atoms with Crippen molar-refractivity contribution in [3.63, 3.8) is 0 Å². The van der Waals surface area contributed by atoms with Crippen LogP contribution in [0.15, 0.2) is 18.5 Å². The van der Waals surface area contributed by atoms with Crippen molar-refractivity contribution in [3.8, 4) is 0 Å². The van der Waals surface area contributed by atoms with E-state index in [1.165, 1.54) is 21.6 Å². The monoisotopic (exact) mass is 213 g/mol.